The van der Waals surface area contributed by atoms with Crippen LogP contribution < -0.4 is 4.74 Å². The van der Waals surface area contributed by atoms with Crippen LogP contribution in [0.4, 0.5) is 0 Å². The molecule has 0 radical (unpaired) electrons. The van der Waals surface area contributed by atoms with Gasteiger partial charge >= 0.3 is 5.97 Å². The first-order valence-electron chi connectivity index (χ1n) is 5.61. The third-order valence-corrected chi connectivity index (χ3v) is 4.36. The first kappa shape index (κ1) is 12.7. The van der Waals surface area contributed by atoms with Crippen molar-refractivity contribution in [3.63, 3.8) is 0 Å². The zero-order chi connectivity index (χ0) is 12.3. The Hall–Kier alpha value is -0.780. The minimum absolute atomic E-state index is 0.152. The van der Waals surface area contributed by atoms with Gasteiger partial charge in [-0.3, -0.25) is 4.79 Å². The summed E-state index contributed by atoms with van der Waals surface area (Å²) >= 11 is 2.26. The van der Waals surface area contributed by atoms with Crippen LogP contribution in [0.2, 0.25) is 0 Å². The van der Waals surface area contributed by atoms with E-state index in [-0.39, 0.29) is 5.97 Å². The number of cyclic esters (lactones) is 1. The molecule has 1 unspecified atom stereocenters. The van der Waals surface area contributed by atoms with E-state index in [1.807, 2.05) is 31.2 Å². The normalized spacial score (nSPS) is 24.7. The van der Waals surface area contributed by atoms with Crippen LogP contribution in [0.5, 0.6) is 5.75 Å². The molecule has 1 aliphatic rings. The van der Waals surface area contributed by atoms with Gasteiger partial charge in [0.25, 0.3) is 0 Å². The van der Waals surface area contributed by atoms with Crippen molar-refractivity contribution in [3.8, 4) is 5.75 Å². The molecule has 0 bridgehead atoms. The number of para-hydroxylation sites is 1. The van der Waals surface area contributed by atoms with E-state index in [1.165, 1.54) is 0 Å². The fraction of sp³-hybridized carbons (Fsp3) is 0.462. The van der Waals surface area contributed by atoms with Gasteiger partial charge < -0.3 is 9.47 Å². The van der Waals surface area contributed by atoms with Crippen molar-refractivity contribution in [2.45, 2.75) is 25.4 Å². The summed E-state index contributed by atoms with van der Waals surface area (Å²) in [6.07, 6.45) is 1.09. The lowest BCUT2D eigenvalue weighted by Crippen LogP contribution is -2.40. The Bertz CT molecular complexity index is 419. The highest BCUT2D eigenvalue weighted by molar-refractivity contribution is 14.1. The smallest absolute Gasteiger partial charge is 0.306 e. The van der Waals surface area contributed by atoms with Crippen LogP contribution in [-0.4, -0.2) is 22.6 Å². The number of hydrogen-bond donors (Lipinski definition) is 0. The topological polar surface area (TPSA) is 35.5 Å². The van der Waals surface area contributed by atoms with Crippen molar-refractivity contribution in [1.29, 1.82) is 0 Å². The number of hydrogen-bond acceptors (Lipinski definition) is 3. The minimum Gasteiger partial charge on any atom is -0.483 e. The second-order valence-electron chi connectivity index (χ2n) is 4.45. The fourth-order valence-corrected chi connectivity index (χ4v) is 2.09. The van der Waals surface area contributed by atoms with Crippen molar-refractivity contribution in [2.75, 3.05) is 11.0 Å². The van der Waals surface area contributed by atoms with E-state index in [2.05, 4.69) is 22.6 Å². The number of carbonyl (C=O) groups excluding carboxylic acids is 1. The predicted octanol–water partition coefficient (Wildman–Crippen LogP) is 2.75. The fourth-order valence-electron chi connectivity index (χ4n) is 1.71. The molecule has 1 heterocycles. The quantitative estimate of drug-likeness (QED) is 0.446. The highest BCUT2D eigenvalue weighted by Crippen LogP contribution is 2.27. The maximum Gasteiger partial charge on any atom is 0.306 e. The van der Waals surface area contributed by atoms with Crippen LogP contribution in [-0.2, 0) is 16.0 Å². The molecule has 0 spiro atoms. The molecular weight excluding hydrogens is 331 g/mol. The van der Waals surface area contributed by atoms with Gasteiger partial charge in [0.05, 0.1) is 0 Å². The van der Waals surface area contributed by atoms with Crippen molar-refractivity contribution in [2.24, 2.45) is 0 Å². The number of halogens is 1. The second kappa shape index (κ2) is 5.25. The van der Waals surface area contributed by atoms with Gasteiger partial charge in [-0.15, -0.1) is 0 Å². The Balaban J connectivity index is 2.33. The maximum atomic E-state index is 11.5. The Kier molecular flexibility index (Phi) is 3.91. The first-order valence-corrected chi connectivity index (χ1v) is 7.14. The average Bonchev–Trinajstić information content (AvgIpc) is 2.40. The molecule has 92 valence electrons. The zero-order valence-corrected chi connectivity index (χ0v) is 11.9. The van der Waals surface area contributed by atoms with Gasteiger partial charge in [0.1, 0.15) is 18.0 Å². The Morgan fingerprint density at radius 1 is 1.35 bits per heavy atom. The summed E-state index contributed by atoms with van der Waals surface area (Å²) in [5, 5.41) is 0. The number of rotatable bonds is 1. The van der Waals surface area contributed by atoms with E-state index in [9.17, 15) is 4.79 Å². The SMILES string of the molecule is CC1(CI)COC(=O)CCc2ccccc2O1. The first-order chi connectivity index (χ1) is 8.13. The molecule has 0 aromatic heterocycles. The zero-order valence-electron chi connectivity index (χ0n) is 9.74. The molecule has 0 saturated carbocycles. The summed E-state index contributed by atoms with van der Waals surface area (Å²) < 4.78 is 12.0. The number of fused-ring (bicyclic) bond motifs is 1. The number of aryl methyl sites for hydroxylation is 1. The number of ether oxygens (including phenoxy) is 2. The number of alkyl halides is 1. The van der Waals surface area contributed by atoms with E-state index in [1.54, 1.807) is 0 Å². The summed E-state index contributed by atoms with van der Waals surface area (Å²) in [5.74, 6) is 0.714. The molecule has 17 heavy (non-hydrogen) atoms. The summed E-state index contributed by atoms with van der Waals surface area (Å²) in [6, 6.07) is 7.87. The summed E-state index contributed by atoms with van der Waals surface area (Å²) in [4.78, 5) is 11.5. The molecular formula is C13H15IO3. The van der Waals surface area contributed by atoms with Crippen LogP contribution in [0, 0.1) is 0 Å². The lowest BCUT2D eigenvalue weighted by atomic mass is 10.1. The monoisotopic (exact) mass is 346 g/mol. The van der Waals surface area contributed by atoms with Gasteiger partial charge in [0.2, 0.25) is 0 Å². The van der Waals surface area contributed by atoms with E-state index < -0.39 is 5.60 Å². The molecule has 2 rings (SSSR count). The molecule has 1 aromatic carbocycles. The standard InChI is InChI=1S/C13H15IO3/c1-13(8-14)9-16-12(15)7-6-10-4-2-3-5-11(10)17-13/h2-5H,6-9H2,1H3. The highest BCUT2D eigenvalue weighted by Gasteiger charge is 2.29. The average molecular weight is 346 g/mol. The van der Waals surface area contributed by atoms with Crippen molar-refractivity contribution >= 4 is 28.6 Å². The molecule has 1 aliphatic heterocycles. The van der Waals surface area contributed by atoms with Crippen LogP contribution in [0.3, 0.4) is 0 Å². The van der Waals surface area contributed by atoms with Crippen LogP contribution in [0.25, 0.3) is 0 Å². The Morgan fingerprint density at radius 2 is 2.12 bits per heavy atom. The van der Waals surface area contributed by atoms with Crippen LogP contribution >= 0.6 is 22.6 Å². The molecule has 4 heteroatoms. The number of benzene rings is 1. The maximum absolute atomic E-state index is 11.5. The van der Waals surface area contributed by atoms with Crippen molar-refractivity contribution in [3.05, 3.63) is 29.8 Å². The van der Waals surface area contributed by atoms with E-state index >= 15 is 0 Å². The number of esters is 1. The van der Waals surface area contributed by atoms with E-state index in [0.717, 1.165) is 15.7 Å². The summed E-state index contributed by atoms with van der Waals surface area (Å²) in [6.45, 7) is 2.28. The van der Waals surface area contributed by atoms with Gasteiger partial charge in [-0.1, -0.05) is 40.8 Å². The predicted molar refractivity (Wildman–Crippen MR) is 73.6 cm³/mol. The summed E-state index contributed by atoms with van der Waals surface area (Å²) in [5.41, 5.74) is 0.624. The Labute approximate surface area is 115 Å². The highest BCUT2D eigenvalue weighted by atomic mass is 127. The van der Waals surface area contributed by atoms with Crippen LogP contribution in [0.15, 0.2) is 24.3 Å². The molecule has 0 saturated heterocycles. The van der Waals surface area contributed by atoms with Crippen molar-refractivity contribution < 1.29 is 14.3 Å². The molecule has 0 fully saturated rings. The molecule has 0 N–H and O–H groups in total. The van der Waals surface area contributed by atoms with Gasteiger partial charge in [0.15, 0.2) is 0 Å². The van der Waals surface area contributed by atoms with E-state index in [4.69, 9.17) is 9.47 Å². The molecule has 1 atom stereocenters. The Morgan fingerprint density at radius 3 is 2.88 bits per heavy atom. The molecule has 0 amide bonds. The van der Waals surface area contributed by atoms with Crippen LogP contribution in [0.1, 0.15) is 18.9 Å². The van der Waals surface area contributed by atoms with E-state index in [0.29, 0.717) is 19.4 Å². The second-order valence-corrected chi connectivity index (χ2v) is 5.22. The third-order valence-electron chi connectivity index (χ3n) is 2.75. The lowest BCUT2D eigenvalue weighted by molar-refractivity contribution is -0.147. The number of carbonyl (C=O) groups is 1. The summed E-state index contributed by atoms with van der Waals surface area (Å²) in [7, 11) is 0. The molecule has 3 nitrogen and oxygen atoms in total. The molecule has 1 aromatic rings. The third kappa shape index (κ3) is 3.12. The van der Waals surface area contributed by atoms with Gasteiger partial charge in [0, 0.05) is 10.8 Å². The molecule has 0 aliphatic carbocycles. The van der Waals surface area contributed by atoms with Gasteiger partial charge in [-0.25, -0.2) is 0 Å². The van der Waals surface area contributed by atoms with Gasteiger partial charge in [-0.05, 0) is 25.0 Å². The van der Waals surface area contributed by atoms with Crippen molar-refractivity contribution in [1.82, 2.24) is 0 Å². The largest absolute Gasteiger partial charge is 0.483 e. The minimum atomic E-state index is -0.448. The van der Waals surface area contributed by atoms with Gasteiger partial charge in [-0.2, -0.15) is 0 Å². The lowest BCUT2D eigenvalue weighted by Gasteiger charge is -2.28.